The molecule has 3 rings (SSSR count). The maximum atomic E-state index is 12.9. The Labute approximate surface area is 161 Å². The summed E-state index contributed by atoms with van der Waals surface area (Å²) in [6.45, 7) is 0.312. The molecule has 0 atom stereocenters. The first-order chi connectivity index (χ1) is 12.6. The molecule has 26 heavy (non-hydrogen) atoms. The first-order valence-corrected chi connectivity index (χ1v) is 8.58. The molecule has 0 unspecified atom stereocenters. The van der Waals surface area contributed by atoms with Crippen LogP contribution in [0.2, 0.25) is 10.0 Å². The Morgan fingerprint density at radius 1 is 1.00 bits per heavy atom. The Morgan fingerprint density at radius 2 is 1.77 bits per heavy atom. The number of hydrazone groups is 1. The van der Waals surface area contributed by atoms with Crippen molar-refractivity contribution in [1.82, 2.24) is 0 Å². The summed E-state index contributed by atoms with van der Waals surface area (Å²) in [5, 5.41) is 5.30. The lowest BCUT2D eigenvalue weighted by atomic mass is 10.2. The van der Waals surface area contributed by atoms with Crippen LogP contribution in [0.5, 0.6) is 5.75 Å². The number of nitrogens with zero attached hydrogens (tertiary/aromatic N) is 1. The van der Waals surface area contributed by atoms with Crippen LogP contribution in [0.1, 0.15) is 11.1 Å². The number of benzene rings is 3. The van der Waals surface area contributed by atoms with Crippen molar-refractivity contribution in [3.05, 3.63) is 93.7 Å². The monoisotopic (exact) mass is 388 g/mol. The van der Waals surface area contributed by atoms with E-state index in [1.807, 2.05) is 30.3 Å². The zero-order valence-electron chi connectivity index (χ0n) is 13.6. The van der Waals surface area contributed by atoms with Crippen LogP contribution in [-0.4, -0.2) is 6.21 Å². The number of para-hydroxylation sites is 1. The minimum atomic E-state index is -0.292. The van der Waals surface area contributed by atoms with Crippen molar-refractivity contribution in [2.24, 2.45) is 5.10 Å². The highest BCUT2D eigenvalue weighted by molar-refractivity contribution is 6.35. The first kappa shape index (κ1) is 18.2. The molecule has 0 fully saturated rings. The summed E-state index contributed by atoms with van der Waals surface area (Å²) in [7, 11) is 0. The number of halogens is 3. The molecule has 0 saturated carbocycles. The van der Waals surface area contributed by atoms with Gasteiger partial charge in [0.25, 0.3) is 0 Å². The second-order valence-electron chi connectivity index (χ2n) is 5.44. The molecule has 0 bridgehead atoms. The standard InChI is InChI=1S/C20H15Cl2FN2O/c21-16-6-5-15(19(22)11-16)13-26-20-4-2-1-3-14(20)12-24-25-18-9-7-17(23)8-10-18/h1-12,25H,13H2. The normalized spacial score (nSPS) is 10.9. The molecule has 0 heterocycles. The van der Waals surface area contributed by atoms with Gasteiger partial charge in [-0.3, -0.25) is 5.43 Å². The van der Waals surface area contributed by atoms with E-state index in [-0.39, 0.29) is 5.82 Å². The van der Waals surface area contributed by atoms with Gasteiger partial charge < -0.3 is 4.74 Å². The van der Waals surface area contributed by atoms with Crippen molar-refractivity contribution in [1.29, 1.82) is 0 Å². The van der Waals surface area contributed by atoms with Gasteiger partial charge in [-0.2, -0.15) is 5.10 Å². The van der Waals surface area contributed by atoms with Crippen LogP contribution in [0.4, 0.5) is 10.1 Å². The molecular weight excluding hydrogens is 374 g/mol. The van der Waals surface area contributed by atoms with Crippen LogP contribution in [0.25, 0.3) is 0 Å². The number of anilines is 1. The summed E-state index contributed by atoms with van der Waals surface area (Å²) in [5.41, 5.74) is 5.18. The second kappa shape index (κ2) is 8.70. The Balaban J connectivity index is 1.67. The zero-order valence-corrected chi connectivity index (χ0v) is 15.1. The fraction of sp³-hybridized carbons (Fsp3) is 0.0500. The third kappa shape index (κ3) is 4.97. The molecule has 0 aliphatic carbocycles. The van der Waals surface area contributed by atoms with Gasteiger partial charge in [0.2, 0.25) is 0 Å². The Morgan fingerprint density at radius 3 is 2.54 bits per heavy atom. The Bertz CT molecular complexity index is 914. The minimum absolute atomic E-state index is 0.292. The Hall–Kier alpha value is -2.56. The molecule has 0 aliphatic heterocycles. The van der Waals surface area contributed by atoms with Crippen molar-refractivity contribution in [2.45, 2.75) is 6.61 Å². The van der Waals surface area contributed by atoms with Crippen LogP contribution < -0.4 is 10.2 Å². The van der Waals surface area contributed by atoms with E-state index in [1.165, 1.54) is 12.1 Å². The van der Waals surface area contributed by atoms with Crippen molar-refractivity contribution in [2.75, 3.05) is 5.43 Å². The number of nitrogens with one attached hydrogen (secondary N) is 1. The summed E-state index contributed by atoms with van der Waals surface area (Å²) < 4.78 is 18.8. The maximum Gasteiger partial charge on any atom is 0.128 e. The summed E-state index contributed by atoms with van der Waals surface area (Å²) in [5.74, 6) is 0.377. The minimum Gasteiger partial charge on any atom is -0.488 e. The molecule has 3 aromatic carbocycles. The fourth-order valence-corrected chi connectivity index (χ4v) is 2.68. The molecule has 0 radical (unpaired) electrons. The van der Waals surface area contributed by atoms with Gasteiger partial charge in [-0.1, -0.05) is 41.4 Å². The topological polar surface area (TPSA) is 33.6 Å². The number of hydrogen-bond acceptors (Lipinski definition) is 3. The number of rotatable bonds is 6. The maximum absolute atomic E-state index is 12.9. The van der Waals surface area contributed by atoms with Crippen LogP contribution in [0.3, 0.4) is 0 Å². The fourth-order valence-electron chi connectivity index (χ4n) is 2.21. The SMILES string of the molecule is Fc1ccc(NN=Cc2ccccc2OCc2ccc(Cl)cc2Cl)cc1. The quantitative estimate of drug-likeness (QED) is 0.405. The van der Waals surface area contributed by atoms with E-state index in [2.05, 4.69) is 10.5 Å². The zero-order chi connectivity index (χ0) is 18.4. The van der Waals surface area contributed by atoms with Gasteiger partial charge in [-0.25, -0.2) is 4.39 Å². The molecular formula is C20H15Cl2FN2O. The van der Waals surface area contributed by atoms with Crippen molar-refractivity contribution >= 4 is 35.1 Å². The first-order valence-electron chi connectivity index (χ1n) is 7.82. The van der Waals surface area contributed by atoms with E-state index in [0.717, 1.165) is 11.1 Å². The van der Waals surface area contributed by atoms with Gasteiger partial charge in [0, 0.05) is 21.2 Å². The van der Waals surface area contributed by atoms with Crippen LogP contribution in [0.15, 0.2) is 71.8 Å². The van der Waals surface area contributed by atoms with E-state index in [0.29, 0.717) is 28.1 Å². The molecule has 0 saturated heterocycles. The van der Waals surface area contributed by atoms with Gasteiger partial charge in [-0.05, 0) is 48.5 Å². The highest BCUT2D eigenvalue weighted by Gasteiger charge is 2.05. The van der Waals surface area contributed by atoms with Gasteiger partial charge >= 0.3 is 0 Å². The second-order valence-corrected chi connectivity index (χ2v) is 6.28. The molecule has 0 spiro atoms. The third-order valence-electron chi connectivity index (χ3n) is 3.56. The van der Waals surface area contributed by atoms with Gasteiger partial charge in [0.15, 0.2) is 0 Å². The average molecular weight is 389 g/mol. The highest BCUT2D eigenvalue weighted by Crippen LogP contribution is 2.24. The van der Waals surface area contributed by atoms with Crippen molar-refractivity contribution < 1.29 is 9.13 Å². The van der Waals surface area contributed by atoms with Gasteiger partial charge in [0.1, 0.15) is 18.2 Å². The molecule has 0 aliphatic rings. The molecule has 3 aromatic rings. The predicted octanol–water partition coefficient (Wildman–Crippen LogP) is 6.16. The largest absolute Gasteiger partial charge is 0.488 e. The smallest absolute Gasteiger partial charge is 0.128 e. The molecule has 1 N–H and O–H groups in total. The summed E-state index contributed by atoms with van der Waals surface area (Å²) >= 11 is 12.1. The van der Waals surface area contributed by atoms with E-state index < -0.39 is 0 Å². The lowest BCUT2D eigenvalue weighted by molar-refractivity contribution is 0.306. The number of hydrogen-bond donors (Lipinski definition) is 1. The highest BCUT2D eigenvalue weighted by atomic mass is 35.5. The van der Waals surface area contributed by atoms with Gasteiger partial charge in [0.05, 0.1) is 11.9 Å². The van der Waals surface area contributed by atoms with Gasteiger partial charge in [-0.15, -0.1) is 0 Å². The lowest BCUT2D eigenvalue weighted by Gasteiger charge is -2.10. The summed E-state index contributed by atoms with van der Waals surface area (Å²) in [6.07, 6.45) is 1.64. The summed E-state index contributed by atoms with van der Waals surface area (Å²) in [6, 6.07) is 18.7. The molecule has 0 aromatic heterocycles. The van der Waals surface area contributed by atoms with Crippen LogP contribution in [-0.2, 0) is 6.61 Å². The van der Waals surface area contributed by atoms with Crippen LogP contribution in [0, 0.1) is 5.82 Å². The third-order valence-corrected chi connectivity index (χ3v) is 4.15. The van der Waals surface area contributed by atoms with Crippen LogP contribution >= 0.6 is 23.2 Å². The summed E-state index contributed by atoms with van der Waals surface area (Å²) in [4.78, 5) is 0. The molecule has 6 heteroatoms. The van der Waals surface area contributed by atoms with Crippen molar-refractivity contribution in [3.8, 4) is 5.75 Å². The predicted molar refractivity (Wildman–Crippen MR) is 105 cm³/mol. The Kier molecular flexibility index (Phi) is 6.10. The van der Waals surface area contributed by atoms with E-state index in [1.54, 1.807) is 30.5 Å². The van der Waals surface area contributed by atoms with E-state index in [9.17, 15) is 4.39 Å². The van der Waals surface area contributed by atoms with Crippen molar-refractivity contribution in [3.63, 3.8) is 0 Å². The lowest BCUT2D eigenvalue weighted by Crippen LogP contribution is -1.99. The molecule has 0 amide bonds. The molecule has 3 nitrogen and oxygen atoms in total. The molecule has 132 valence electrons. The average Bonchev–Trinajstić information content (AvgIpc) is 2.64. The number of ether oxygens (including phenoxy) is 1. The van der Waals surface area contributed by atoms with E-state index >= 15 is 0 Å². The van der Waals surface area contributed by atoms with E-state index in [4.69, 9.17) is 27.9 Å².